The van der Waals surface area contributed by atoms with Crippen LogP contribution >= 0.6 is 0 Å². The molecule has 0 bridgehead atoms. The predicted molar refractivity (Wildman–Crippen MR) is 49.3 cm³/mol. The number of rotatable bonds is 2. The van der Waals surface area contributed by atoms with Crippen molar-refractivity contribution in [2.45, 2.75) is 32.4 Å². The zero-order valence-electron chi connectivity index (χ0n) is 7.82. The molecule has 0 saturated heterocycles. The molecular weight excluding hydrogens is 166 g/mol. The number of aliphatic hydroxyl groups is 1. The molecule has 0 aromatic carbocycles. The third kappa shape index (κ3) is 1.26. The lowest BCUT2D eigenvalue weighted by Gasteiger charge is -2.11. The van der Waals surface area contributed by atoms with E-state index in [1.54, 1.807) is 0 Å². The van der Waals surface area contributed by atoms with Crippen molar-refractivity contribution in [1.82, 2.24) is 9.55 Å². The molecule has 0 saturated carbocycles. The summed E-state index contributed by atoms with van der Waals surface area (Å²) in [6.07, 6.45) is 2.19. The first-order chi connectivity index (χ1) is 6.24. The summed E-state index contributed by atoms with van der Waals surface area (Å²) in [6.45, 7) is 2.95. The number of fused-ring (bicyclic) bond motifs is 1. The van der Waals surface area contributed by atoms with Crippen molar-refractivity contribution in [2.75, 3.05) is 6.61 Å². The Morgan fingerprint density at radius 3 is 3.15 bits per heavy atom. The first kappa shape index (κ1) is 8.72. The summed E-state index contributed by atoms with van der Waals surface area (Å²) in [4.78, 5) is 4.43. The average molecular weight is 181 g/mol. The Labute approximate surface area is 77.4 Å². The second-order valence-electron chi connectivity index (χ2n) is 3.54. The monoisotopic (exact) mass is 181 g/mol. The molecule has 0 fully saturated rings. The van der Waals surface area contributed by atoms with Crippen LogP contribution in [0.4, 0.5) is 0 Å². The fourth-order valence-electron chi connectivity index (χ4n) is 2.04. The van der Waals surface area contributed by atoms with Crippen molar-refractivity contribution in [2.24, 2.45) is 5.73 Å². The Kier molecular flexibility index (Phi) is 2.09. The van der Waals surface area contributed by atoms with E-state index in [-0.39, 0.29) is 12.6 Å². The number of aryl methyl sites for hydroxylation is 2. The van der Waals surface area contributed by atoms with E-state index < -0.39 is 0 Å². The first-order valence-corrected chi connectivity index (χ1v) is 4.66. The topological polar surface area (TPSA) is 64.1 Å². The molecule has 0 aliphatic carbocycles. The summed E-state index contributed by atoms with van der Waals surface area (Å²) in [5.74, 6) is 1.12. The molecule has 2 heterocycles. The Balaban J connectivity index is 2.43. The molecule has 13 heavy (non-hydrogen) atoms. The van der Waals surface area contributed by atoms with E-state index in [1.807, 2.05) is 6.92 Å². The van der Waals surface area contributed by atoms with E-state index >= 15 is 0 Å². The van der Waals surface area contributed by atoms with Crippen LogP contribution in [0.5, 0.6) is 0 Å². The van der Waals surface area contributed by atoms with Gasteiger partial charge in [0.2, 0.25) is 0 Å². The summed E-state index contributed by atoms with van der Waals surface area (Å²) in [5.41, 5.74) is 7.78. The Hall–Kier alpha value is -0.870. The van der Waals surface area contributed by atoms with Crippen LogP contribution in [0.25, 0.3) is 0 Å². The van der Waals surface area contributed by atoms with Gasteiger partial charge in [-0.2, -0.15) is 0 Å². The molecule has 1 aliphatic rings. The zero-order chi connectivity index (χ0) is 9.42. The number of aliphatic hydroxyl groups excluding tert-OH is 1. The number of hydrogen-bond donors (Lipinski definition) is 2. The minimum atomic E-state index is -0.278. The highest BCUT2D eigenvalue weighted by Crippen LogP contribution is 2.23. The molecule has 4 nitrogen and oxygen atoms in total. The fourth-order valence-corrected chi connectivity index (χ4v) is 2.04. The maximum Gasteiger partial charge on any atom is 0.109 e. The van der Waals surface area contributed by atoms with Crippen molar-refractivity contribution in [3.63, 3.8) is 0 Å². The highest BCUT2D eigenvalue weighted by atomic mass is 16.3. The summed E-state index contributed by atoms with van der Waals surface area (Å²) >= 11 is 0. The van der Waals surface area contributed by atoms with Gasteiger partial charge in [0.05, 0.1) is 24.0 Å². The molecule has 4 heteroatoms. The van der Waals surface area contributed by atoms with Gasteiger partial charge in [-0.1, -0.05) is 0 Å². The Morgan fingerprint density at radius 2 is 2.46 bits per heavy atom. The minimum Gasteiger partial charge on any atom is -0.394 e. The quantitative estimate of drug-likeness (QED) is 0.681. The number of aromatic nitrogens is 2. The highest BCUT2D eigenvalue weighted by Gasteiger charge is 2.22. The van der Waals surface area contributed by atoms with Gasteiger partial charge in [-0.15, -0.1) is 0 Å². The fraction of sp³-hybridized carbons (Fsp3) is 0.667. The molecule has 1 aliphatic heterocycles. The summed E-state index contributed by atoms with van der Waals surface area (Å²) in [5, 5.41) is 9.00. The lowest BCUT2D eigenvalue weighted by Crippen LogP contribution is -2.19. The van der Waals surface area contributed by atoms with Gasteiger partial charge in [0.15, 0.2) is 0 Å². The van der Waals surface area contributed by atoms with Gasteiger partial charge in [0.1, 0.15) is 5.82 Å². The van der Waals surface area contributed by atoms with Gasteiger partial charge in [-0.25, -0.2) is 4.98 Å². The number of hydrogen-bond acceptors (Lipinski definition) is 3. The van der Waals surface area contributed by atoms with E-state index in [9.17, 15) is 0 Å². The number of nitrogens with two attached hydrogens (primary N) is 1. The van der Waals surface area contributed by atoms with Gasteiger partial charge in [-0.3, -0.25) is 0 Å². The third-order valence-corrected chi connectivity index (χ3v) is 2.60. The van der Waals surface area contributed by atoms with Crippen molar-refractivity contribution < 1.29 is 5.11 Å². The second kappa shape index (κ2) is 3.12. The van der Waals surface area contributed by atoms with Crippen molar-refractivity contribution in [1.29, 1.82) is 0 Å². The van der Waals surface area contributed by atoms with Crippen LogP contribution in [-0.2, 0) is 13.0 Å². The highest BCUT2D eigenvalue weighted by molar-refractivity contribution is 5.21. The molecule has 1 unspecified atom stereocenters. The average Bonchev–Trinajstić information content (AvgIpc) is 2.62. The smallest absolute Gasteiger partial charge is 0.109 e. The lowest BCUT2D eigenvalue weighted by atomic mass is 10.2. The van der Waals surface area contributed by atoms with E-state index in [2.05, 4.69) is 9.55 Å². The molecule has 0 radical (unpaired) electrons. The van der Waals surface area contributed by atoms with Crippen molar-refractivity contribution >= 4 is 0 Å². The lowest BCUT2D eigenvalue weighted by molar-refractivity contribution is 0.263. The van der Waals surface area contributed by atoms with Gasteiger partial charge >= 0.3 is 0 Å². The van der Waals surface area contributed by atoms with E-state index in [4.69, 9.17) is 10.8 Å². The van der Waals surface area contributed by atoms with Crippen LogP contribution in [0.2, 0.25) is 0 Å². The molecule has 3 N–H and O–H groups in total. The molecule has 0 spiro atoms. The van der Waals surface area contributed by atoms with Gasteiger partial charge < -0.3 is 15.4 Å². The largest absolute Gasteiger partial charge is 0.394 e. The van der Waals surface area contributed by atoms with Crippen LogP contribution < -0.4 is 5.73 Å². The third-order valence-electron chi connectivity index (χ3n) is 2.60. The van der Waals surface area contributed by atoms with Crippen LogP contribution in [0.3, 0.4) is 0 Å². The SMILES string of the molecule is Cc1nc2n(c1C(N)CO)CCC2. The van der Waals surface area contributed by atoms with Gasteiger partial charge in [0.25, 0.3) is 0 Å². The van der Waals surface area contributed by atoms with Crippen LogP contribution in [0.1, 0.15) is 29.7 Å². The normalized spacial score (nSPS) is 17.5. The molecule has 1 aromatic heterocycles. The predicted octanol–water partition coefficient (Wildman–Crippen LogP) is 0.130. The Bertz CT molecular complexity index is 319. The standard InChI is InChI=1S/C9H15N3O/c1-6-9(7(10)5-13)12-4-2-3-8(12)11-6/h7,13H,2-5,10H2,1H3. The summed E-state index contributed by atoms with van der Waals surface area (Å²) < 4.78 is 2.15. The second-order valence-corrected chi connectivity index (χ2v) is 3.54. The number of imidazole rings is 1. The minimum absolute atomic E-state index is 0.00796. The maximum absolute atomic E-state index is 9.00. The van der Waals surface area contributed by atoms with Crippen LogP contribution in [-0.4, -0.2) is 21.3 Å². The molecule has 1 aromatic rings. The van der Waals surface area contributed by atoms with Crippen molar-refractivity contribution in [3.8, 4) is 0 Å². The van der Waals surface area contributed by atoms with Crippen LogP contribution in [0.15, 0.2) is 0 Å². The maximum atomic E-state index is 9.00. The molecule has 72 valence electrons. The summed E-state index contributed by atoms with van der Waals surface area (Å²) in [6, 6.07) is -0.278. The van der Waals surface area contributed by atoms with Crippen molar-refractivity contribution in [3.05, 3.63) is 17.2 Å². The molecule has 1 atom stereocenters. The summed E-state index contributed by atoms with van der Waals surface area (Å²) in [7, 11) is 0. The molecular formula is C9H15N3O. The first-order valence-electron chi connectivity index (χ1n) is 4.66. The number of nitrogens with zero attached hydrogens (tertiary/aromatic N) is 2. The van der Waals surface area contributed by atoms with Gasteiger partial charge in [-0.05, 0) is 13.3 Å². The molecule has 0 amide bonds. The zero-order valence-corrected chi connectivity index (χ0v) is 7.82. The van der Waals surface area contributed by atoms with E-state index in [1.165, 1.54) is 0 Å². The molecule has 2 rings (SSSR count). The van der Waals surface area contributed by atoms with Gasteiger partial charge in [0, 0.05) is 13.0 Å². The van der Waals surface area contributed by atoms with E-state index in [0.29, 0.717) is 0 Å². The van der Waals surface area contributed by atoms with Crippen LogP contribution in [0, 0.1) is 6.92 Å². The van der Waals surface area contributed by atoms with E-state index in [0.717, 1.165) is 36.6 Å². The Morgan fingerprint density at radius 1 is 1.69 bits per heavy atom.